The number of benzene rings is 1. The van der Waals surface area contributed by atoms with Crippen molar-refractivity contribution in [1.29, 1.82) is 0 Å². The molecule has 0 atom stereocenters. The minimum atomic E-state index is 0.126. The summed E-state index contributed by atoms with van der Waals surface area (Å²) in [7, 11) is 0. The van der Waals surface area contributed by atoms with Crippen LogP contribution in [-0.2, 0) is 11.2 Å². The number of carbonyl (C=O) groups is 1. The molecular weight excluding hydrogens is 266 g/mol. The van der Waals surface area contributed by atoms with E-state index in [0.29, 0.717) is 6.42 Å². The average Bonchev–Trinajstić information content (AvgIpc) is 2.44. The number of amides is 1. The minimum Gasteiger partial charge on any atom is -0.356 e. The van der Waals surface area contributed by atoms with Crippen LogP contribution in [0.4, 0.5) is 0 Å². The third-order valence-electron chi connectivity index (χ3n) is 4.31. The van der Waals surface area contributed by atoms with Crippen molar-refractivity contribution in [1.82, 2.24) is 5.32 Å². The Labute approximate surface area is 127 Å². The summed E-state index contributed by atoms with van der Waals surface area (Å²) in [5, 5.41) is 3.05. The Balaban J connectivity index is 1.64. The summed E-state index contributed by atoms with van der Waals surface area (Å²) in [5.41, 5.74) is 1.05. The highest BCUT2D eigenvalue weighted by Crippen LogP contribution is 2.29. The maximum absolute atomic E-state index is 11.9. The molecule has 0 radical (unpaired) electrons. The van der Waals surface area contributed by atoms with E-state index >= 15 is 0 Å². The van der Waals surface area contributed by atoms with Gasteiger partial charge in [-0.1, -0.05) is 44.7 Å². The lowest BCUT2D eigenvalue weighted by Gasteiger charge is -2.26. The largest absolute Gasteiger partial charge is 0.356 e. The Hall–Kier alpha value is -0.960. The van der Waals surface area contributed by atoms with Crippen molar-refractivity contribution in [3.05, 3.63) is 29.8 Å². The monoisotopic (exact) mass is 291 g/mol. The molecular formula is C17H25NOS. The van der Waals surface area contributed by atoms with E-state index in [9.17, 15) is 4.79 Å². The summed E-state index contributed by atoms with van der Waals surface area (Å²) >= 11 is 4.24. The standard InChI is InChI=1S/C17H25NOS/c1-13-2-4-14(5-3-13)10-11-18-17(19)12-15-6-8-16(20)9-7-15/h6-9,13-14,20H,2-5,10-12H2,1H3,(H,18,19). The Morgan fingerprint density at radius 2 is 1.85 bits per heavy atom. The molecule has 1 saturated carbocycles. The molecule has 0 aliphatic heterocycles. The minimum absolute atomic E-state index is 0.126. The van der Waals surface area contributed by atoms with Crippen LogP contribution < -0.4 is 5.32 Å². The topological polar surface area (TPSA) is 29.1 Å². The highest BCUT2D eigenvalue weighted by Gasteiger charge is 2.17. The van der Waals surface area contributed by atoms with Gasteiger partial charge in [0.1, 0.15) is 0 Å². The molecule has 1 N–H and O–H groups in total. The van der Waals surface area contributed by atoms with Gasteiger partial charge in [0.2, 0.25) is 5.91 Å². The summed E-state index contributed by atoms with van der Waals surface area (Å²) in [6.07, 6.45) is 6.98. The van der Waals surface area contributed by atoms with Crippen LogP contribution in [0, 0.1) is 11.8 Å². The molecule has 20 heavy (non-hydrogen) atoms. The second-order valence-corrected chi connectivity index (χ2v) is 6.62. The fourth-order valence-electron chi connectivity index (χ4n) is 2.90. The van der Waals surface area contributed by atoms with Gasteiger partial charge in [-0.2, -0.15) is 0 Å². The van der Waals surface area contributed by atoms with Gasteiger partial charge >= 0.3 is 0 Å². The highest BCUT2D eigenvalue weighted by molar-refractivity contribution is 7.80. The summed E-state index contributed by atoms with van der Waals surface area (Å²) in [5.74, 6) is 1.84. The summed E-state index contributed by atoms with van der Waals surface area (Å²) in [6, 6.07) is 7.78. The SMILES string of the molecule is CC1CCC(CCNC(=O)Cc2ccc(S)cc2)CC1. The van der Waals surface area contributed by atoms with Crippen LogP contribution in [0.5, 0.6) is 0 Å². The van der Waals surface area contributed by atoms with E-state index in [-0.39, 0.29) is 5.91 Å². The maximum Gasteiger partial charge on any atom is 0.224 e. The van der Waals surface area contributed by atoms with Crippen molar-refractivity contribution in [2.45, 2.75) is 50.3 Å². The van der Waals surface area contributed by atoms with Gasteiger partial charge in [0, 0.05) is 11.4 Å². The molecule has 2 rings (SSSR count). The van der Waals surface area contributed by atoms with E-state index in [0.717, 1.165) is 35.3 Å². The number of hydrogen-bond donors (Lipinski definition) is 2. The van der Waals surface area contributed by atoms with Crippen molar-refractivity contribution in [2.24, 2.45) is 11.8 Å². The smallest absolute Gasteiger partial charge is 0.224 e. The molecule has 0 heterocycles. The number of nitrogens with one attached hydrogen (secondary N) is 1. The van der Waals surface area contributed by atoms with E-state index in [2.05, 4.69) is 24.9 Å². The fraction of sp³-hybridized carbons (Fsp3) is 0.588. The first kappa shape index (κ1) is 15.4. The molecule has 1 fully saturated rings. The Morgan fingerprint density at radius 1 is 1.20 bits per heavy atom. The van der Waals surface area contributed by atoms with Gasteiger partial charge in [-0.05, 0) is 36.0 Å². The van der Waals surface area contributed by atoms with Gasteiger partial charge in [0.05, 0.1) is 6.42 Å². The molecule has 1 aliphatic rings. The Bertz CT molecular complexity index is 421. The second-order valence-electron chi connectivity index (χ2n) is 6.11. The molecule has 1 aromatic carbocycles. The van der Waals surface area contributed by atoms with Crippen LogP contribution in [0.2, 0.25) is 0 Å². The van der Waals surface area contributed by atoms with E-state index in [1.54, 1.807) is 0 Å². The molecule has 110 valence electrons. The van der Waals surface area contributed by atoms with Crippen molar-refractivity contribution in [2.75, 3.05) is 6.54 Å². The molecule has 0 bridgehead atoms. The first-order chi connectivity index (χ1) is 9.63. The number of hydrogen-bond acceptors (Lipinski definition) is 2. The first-order valence-corrected chi connectivity index (χ1v) is 8.13. The number of rotatable bonds is 5. The molecule has 0 unspecified atom stereocenters. The predicted molar refractivity (Wildman–Crippen MR) is 86.1 cm³/mol. The zero-order valence-corrected chi connectivity index (χ0v) is 13.2. The van der Waals surface area contributed by atoms with Crippen LogP contribution in [0.3, 0.4) is 0 Å². The van der Waals surface area contributed by atoms with Crippen molar-refractivity contribution in [3.8, 4) is 0 Å². The molecule has 0 spiro atoms. The molecule has 3 heteroatoms. The number of carbonyl (C=O) groups excluding carboxylic acids is 1. The summed E-state index contributed by atoms with van der Waals surface area (Å²) in [4.78, 5) is 12.8. The third kappa shape index (κ3) is 5.20. The van der Waals surface area contributed by atoms with Crippen LogP contribution in [-0.4, -0.2) is 12.5 Å². The van der Waals surface area contributed by atoms with E-state index in [1.807, 2.05) is 24.3 Å². The Morgan fingerprint density at radius 3 is 2.50 bits per heavy atom. The summed E-state index contributed by atoms with van der Waals surface area (Å²) in [6.45, 7) is 3.16. The quantitative estimate of drug-likeness (QED) is 0.793. The summed E-state index contributed by atoms with van der Waals surface area (Å²) < 4.78 is 0. The van der Waals surface area contributed by atoms with Crippen LogP contribution in [0.1, 0.15) is 44.6 Å². The van der Waals surface area contributed by atoms with Gasteiger partial charge in [0.25, 0.3) is 0 Å². The van der Waals surface area contributed by atoms with Crippen molar-refractivity contribution >= 4 is 18.5 Å². The fourth-order valence-corrected chi connectivity index (χ4v) is 3.04. The maximum atomic E-state index is 11.9. The first-order valence-electron chi connectivity index (χ1n) is 7.68. The van der Waals surface area contributed by atoms with Crippen molar-refractivity contribution < 1.29 is 4.79 Å². The van der Waals surface area contributed by atoms with Crippen molar-refractivity contribution in [3.63, 3.8) is 0 Å². The molecule has 1 amide bonds. The Kier molecular flexibility index (Phi) is 5.96. The average molecular weight is 291 g/mol. The molecule has 0 aromatic heterocycles. The molecule has 1 aromatic rings. The zero-order valence-electron chi connectivity index (χ0n) is 12.3. The van der Waals surface area contributed by atoms with Gasteiger partial charge in [-0.25, -0.2) is 0 Å². The lowest BCUT2D eigenvalue weighted by Crippen LogP contribution is -2.28. The van der Waals surface area contributed by atoms with E-state index in [1.165, 1.54) is 25.7 Å². The van der Waals surface area contributed by atoms with Crippen LogP contribution in [0.25, 0.3) is 0 Å². The second kappa shape index (κ2) is 7.72. The highest BCUT2D eigenvalue weighted by atomic mass is 32.1. The lowest BCUT2D eigenvalue weighted by molar-refractivity contribution is -0.120. The van der Waals surface area contributed by atoms with Gasteiger partial charge in [0.15, 0.2) is 0 Å². The lowest BCUT2D eigenvalue weighted by atomic mass is 9.81. The van der Waals surface area contributed by atoms with Gasteiger partial charge in [-0.15, -0.1) is 12.6 Å². The van der Waals surface area contributed by atoms with Crippen LogP contribution in [0.15, 0.2) is 29.2 Å². The molecule has 0 saturated heterocycles. The molecule has 2 nitrogen and oxygen atoms in total. The van der Waals surface area contributed by atoms with Crippen LogP contribution >= 0.6 is 12.6 Å². The number of thiol groups is 1. The van der Waals surface area contributed by atoms with E-state index in [4.69, 9.17) is 0 Å². The molecule has 1 aliphatic carbocycles. The third-order valence-corrected chi connectivity index (χ3v) is 4.61. The zero-order chi connectivity index (χ0) is 14.4. The predicted octanol–water partition coefficient (Wildman–Crippen LogP) is 3.85. The normalized spacial score (nSPS) is 22.5. The van der Waals surface area contributed by atoms with Gasteiger partial charge < -0.3 is 5.32 Å². The van der Waals surface area contributed by atoms with Gasteiger partial charge in [-0.3, -0.25) is 4.79 Å². The van der Waals surface area contributed by atoms with E-state index < -0.39 is 0 Å².